The number of hydrogen-bond acceptors (Lipinski definition) is 5. The van der Waals surface area contributed by atoms with E-state index in [4.69, 9.17) is 18.6 Å². The first kappa shape index (κ1) is 29.3. The minimum absolute atomic E-state index is 0.143. The molecule has 0 radical (unpaired) electrons. The fourth-order valence-corrected chi connectivity index (χ4v) is 7.29. The standard InChI is InChI=1S/C33H38O4SSi/c1-34-26-35-31(32(37-39(2,3)4)38-30-23-15-8-16-24-30)25-36-33(27-17-9-5-10-18-27,28-19-11-6-12-20-28)29-21-13-7-14-22-29/h5-24,31-32H,25-26H2,1-4H3/t31-,32?/m0/s1. The van der Waals surface area contributed by atoms with Gasteiger partial charge in [-0.2, -0.15) is 0 Å². The first-order valence-electron chi connectivity index (χ1n) is 13.2. The zero-order valence-electron chi connectivity index (χ0n) is 23.2. The van der Waals surface area contributed by atoms with Crippen molar-refractivity contribution in [1.29, 1.82) is 0 Å². The van der Waals surface area contributed by atoms with Crippen LogP contribution in [0.3, 0.4) is 0 Å². The van der Waals surface area contributed by atoms with Gasteiger partial charge in [0.2, 0.25) is 0 Å². The van der Waals surface area contributed by atoms with Crippen molar-refractivity contribution in [2.45, 2.75) is 41.7 Å². The summed E-state index contributed by atoms with van der Waals surface area (Å²) in [6, 6.07) is 41.5. The van der Waals surface area contributed by atoms with Crippen LogP contribution in [0.5, 0.6) is 0 Å². The van der Waals surface area contributed by atoms with Crippen LogP contribution in [0.15, 0.2) is 126 Å². The summed E-state index contributed by atoms with van der Waals surface area (Å²) < 4.78 is 25.5. The van der Waals surface area contributed by atoms with Gasteiger partial charge in [-0.05, 0) is 48.5 Å². The Kier molecular flexibility index (Phi) is 10.6. The second kappa shape index (κ2) is 14.1. The quantitative estimate of drug-likeness (QED) is 0.0679. The zero-order valence-corrected chi connectivity index (χ0v) is 25.0. The molecule has 0 fully saturated rings. The average molecular weight is 559 g/mol. The van der Waals surface area contributed by atoms with Gasteiger partial charge < -0.3 is 18.6 Å². The van der Waals surface area contributed by atoms with Crippen LogP contribution in [0, 0.1) is 0 Å². The van der Waals surface area contributed by atoms with Crippen LogP contribution >= 0.6 is 11.8 Å². The lowest BCUT2D eigenvalue weighted by atomic mass is 9.80. The first-order valence-corrected chi connectivity index (χ1v) is 17.5. The van der Waals surface area contributed by atoms with Gasteiger partial charge in [0.05, 0.1) is 6.61 Å². The summed E-state index contributed by atoms with van der Waals surface area (Å²) in [6.07, 6.45) is -0.391. The Hall–Kier alpha value is -2.71. The summed E-state index contributed by atoms with van der Waals surface area (Å²) in [5, 5.41) is 0. The Morgan fingerprint density at radius 1 is 0.667 bits per heavy atom. The summed E-state index contributed by atoms with van der Waals surface area (Å²) >= 11 is 1.66. The SMILES string of the molecule is COCO[C@@H](COC(c1ccccc1)(c1ccccc1)c1ccccc1)C(O[Si](C)(C)C)Sc1ccccc1. The Labute approximate surface area is 238 Å². The van der Waals surface area contributed by atoms with Gasteiger partial charge in [-0.25, -0.2) is 0 Å². The van der Waals surface area contributed by atoms with E-state index >= 15 is 0 Å². The predicted octanol–water partition coefficient (Wildman–Crippen LogP) is 7.95. The summed E-state index contributed by atoms with van der Waals surface area (Å²) in [5.74, 6) is 0. The van der Waals surface area contributed by atoms with Gasteiger partial charge in [0, 0.05) is 12.0 Å². The fraction of sp³-hybridized carbons (Fsp3) is 0.273. The molecule has 0 spiro atoms. The highest BCUT2D eigenvalue weighted by Gasteiger charge is 2.40. The van der Waals surface area contributed by atoms with Crippen molar-refractivity contribution in [3.8, 4) is 0 Å². The van der Waals surface area contributed by atoms with E-state index in [1.165, 1.54) is 0 Å². The third kappa shape index (κ3) is 7.91. The van der Waals surface area contributed by atoms with Crippen molar-refractivity contribution in [2.24, 2.45) is 0 Å². The van der Waals surface area contributed by atoms with Crippen LogP contribution in [0.1, 0.15) is 16.7 Å². The Balaban J connectivity index is 1.77. The van der Waals surface area contributed by atoms with Gasteiger partial charge in [-0.3, -0.25) is 0 Å². The highest BCUT2D eigenvalue weighted by Crippen LogP contribution is 2.41. The van der Waals surface area contributed by atoms with Crippen LogP contribution in [-0.4, -0.2) is 40.4 Å². The maximum Gasteiger partial charge on any atom is 0.185 e. The lowest BCUT2D eigenvalue weighted by Gasteiger charge is -2.39. The third-order valence-electron chi connectivity index (χ3n) is 6.17. The molecule has 0 amide bonds. The smallest absolute Gasteiger partial charge is 0.185 e. The second-order valence-corrected chi connectivity index (χ2v) is 15.9. The lowest BCUT2D eigenvalue weighted by molar-refractivity contribution is -0.132. The van der Waals surface area contributed by atoms with Crippen molar-refractivity contribution >= 4 is 20.1 Å². The number of hydrogen-bond donors (Lipinski definition) is 0. The van der Waals surface area contributed by atoms with E-state index in [-0.39, 0.29) is 18.8 Å². The van der Waals surface area contributed by atoms with Crippen LogP contribution in [-0.2, 0) is 24.2 Å². The molecule has 0 aliphatic carbocycles. The van der Waals surface area contributed by atoms with Gasteiger partial charge in [-0.15, -0.1) is 0 Å². The van der Waals surface area contributed by atoms with Gasteiger partial charge >= 0.3 is 0 Å². The number of ether oxygens (including phenoxy) is 3. The minimum Gasteiger partial charge on any atom is -0.403 e. The van der Waals surface area contributed by atoms with Crippen molar-refractivity contribution in [3.63, 3.8) is 0 Å². The zero-order chi connectivity index (χ0) is 27.6. The monoisotopic (exact) mass is 558 g/mol. The van der Waals surface area contributed by atoms with E-state index in [1.807, 2.05) is 36.4 Å². The molecule has 4 nitrogen and oxygen atoms in total. The molecule has 39 heavy (non-hydrogen) atoms. The topological polar surface area (TPSA) is 36.9 Å². The van der Waals surface area contributed by atoms with Gasteiger partial charge in [0.1, 0.15) is 23.9 Å². The lowest BCUT2D eigenvalue weighted by Crippen LogP contribution is -2.43. The Morgan fingerprint density at radius 3 is 1.51 bits per heavy atom. The van der Waals surface area contributed by atoms with Crippen LogP contribution in [0.2, 0.25) is 19.6 Å². The summed E-state index contributed by atoms with van der Waals surface area (Å²) in [4.78, 5) is 1.12. The highest BCUT2D eigenvalue weighted by atomic mass is 32.2. The molecule has 4 aromatic rings. The molecule has 0 saturated carbocycles. The molecular weight excluding hydrogens is 521 g/mol. The highest BCUT2D eigenvalue weighted by molar-refractivity contribution is 7.99. The minimum atomic E-state index is -1.94. The number of benzene rings is 4. The molecule has 4 aromatic carbocycles. The van der Waals surface area contributed by atoms with E-state index in [0.717, 1.165) is 21.6 Å². The first-order chi connectivity index (χ1) is 18.9. The second-order valence-electron chi connectivity index (χ2n) is 10.2. The molecule has 0 heterocycles. The summed E-state index contributed by atoms with van der Waals surface area (Å²) in [7, 11) is -0.302. The average Bonchev–Trinajstić information content (AvgIpc) is 2.96. The van der Waals surface area contributed by atoms with E-state index < -0.39 is 20.0 Å². The number of thioether (sulfide) groups is 1. The van der Waals surface area contributed by atoms with Gasteiger partial charge in [0.25, 0.3) is 0 Å². The molecule has 0 aromatic heterocycles. The molecule has 6 heteroatoms. The maximum atomic E-state index is 7.12. The molecular formula is C33H38O4SSi. The van der Waals surface area contributed by atoms with E-state index in [1.54, 1.807) is 18.9 Å². The molecule has 1 unspecified atom stereocenters. The molecule has 204 valence electrons. The van der Waals surface area contributed by atoms with E-state index in [9.17, 15) is 0 Å². The Bertz CT molecular complexity index is 1140. The largest absolute Gasteiger partial charge is 0.403 e. The van der Waals surface area contributed by atoms with Crippen molar-refractivity contribution in [1.82, 2.24) is 0 Å². The maximum absolute atomic E-state index is 7.12. The van der Waals surface area contributed by atoms with Crippen LogP contribution in [0.4, 0.5) is 0 Å². The third-order valence-corrected chi connectivity index (χ3v) is 8.48. The molecule has 0 saturated heterocycles. The van der Waals surface area contributed by atoms with Gasteiger partial charge in [-0.1, -0.05) is 121 Å². The Morgan fingerprint density at radius 2 is 1.10 bits per heavy atom. The molecule has 0 aliphatic heterocycles. The molecule has 0 N–H and O–H groups in total. The van der Waals surface area contributed by atoms with Crippen molar-refractivity contribution in [3.05, 3.63) is 138 Å². The molecule has 2 atom stereocenters. The summed E-state index contributed by atoms with van der Waals surface area (Å²) in [5.41, 5.74) is 2.01. The van der Waals surface area contributed by atoms with E-state index in [0.29, 0.717) is 0 Å². The van der Waals surface area contributed by atoms with Crippen LogP contribution in [0.25, 0.3) is 0 Å². The van der Waals surface area contributed by atoms with Gasteiger partial charge in [0.15, 0.2) is 8.32 Å². The van der Waals surface area contributed by atoms with Crippen molar-refractivity contribution in [2.75, 3.05) is 20.5 Å². The fourth-order valence-electron chi connectivity index (χ4n) is 4.49. The molecule has 0 bridgehead atoms. The molecule has 4 rings (SSSR count). The van der Waals surface area contributed by atoms with Crippen LogP contribution < -0.4 is 0 Å². The normalized spacial score (nSPS) is 13.6. The number of methoxy groups -OCH3 is 1. The van der Waals surface area contributed by atoms with Crippen molar-refractivity contribution < 1.29 is 18.6 Å². The van der Waals surface area contributed by atoms with E-state index in [2.05, 4.69) is 105 Å². The molecule has 0 aliphatic rings. The number of rotatable bonds is 14. The summed E-state index contributed by atoms with van der Waals surface area (Å²) in [6.45, 7) is 7.02. The predicted molar refractivity (Wildman–Crippen MR) is 162 cm³/mol.